The summed E-state index contributed by atoms with van der Waals surface area (Å²) in [5.41, 5.74) is 2.10. The lowest BCUT2D eigenvalue weighted by Crippen LogP contribution is -2.15. The molecule has 1 N–H and O–H groups in total. The van der Waals surface area contributed by atoms with Gasteiger partial charge in [-0.25, -0.2) is 4.98 Å². The van der Waals surface area contributed by atoms with Crippen molar-refractivity contribution in [2.24, 2.45) is 0 Å². The Bertz CT molecular complexity index is 734. The largest absolute Gasteiger partial charge is 0.321 e. The molecule has 0 bridgehead atoms. The second kappa shape index (κ2) is 5.00. The molecule has 2 heterocycles. The Morgan fingerprint density at radius 2 is 1.95 bits per heavy atom. The Morgan fingerprint density at radius 1 is 1.16 bits per heavy atom. The number of rotatable bonds is 2. The lowest BCUT2D eigenvalue weighted by molar-refractivity contribution is 0.102. The van der Waals surface area contributed by atoms with Crippen LogP contribution in [-0.4, -0.2) is 15.3 Å². The highest BCUT2D eigenvalue weighted by Crippen LogP contribution is 2.13. The minimum absolute atomic E-state index is 0.148. The quantitative estimate of drug-likeness (QED) is 0.711. The van der Waals surface area contributed by atoms with Crippen molar-refractivity contribution in [1.29, 1.82) is 0 Å². The van der Waals surface area contributed by atoms with Gasteiger partial charge in [-0.05, 0) is 59.0 Å². The average molecular weight is 363 g/mol. The molecular weight excluding hydrogens is 353 g/mol. The maximum absolute atomic E-state index is 12.2. The van der Waals surface area contributed by atoms with Gasteiger partial charge in [0, 0.05) is 21.7 Å². The standard InChI is InChI=1S/C14H10IN3O/c15-10-4-6-11(7-5-10)17-14(19)12-2-1-3-13-16-8-9-18(12)13/h1-9H,(H,17,19). The number of nitrogens with zero attached hydrogens (tertiary/aromatic N) is 2. The molecule has 0 aliphatic heterocycles. The van der Waals surface area contributed by atoms with Gasteiger partial charge in [0.05, 0.1) is 0 Å². The molecule has 0 saturated carbocycles. The summed E-state index contributed by atoms with van der Waals surface area (Å²) in [6.07, 6.45) is 3.45. The average Bonchev–Trinajstić information content (AvgIpc) is 2.89. The minimum atomic E-state index is -0.148. The Morgan fingerprint density at radius 3 is 2.74 bits per heavy atom. The molecule has 0 fully saturated rings. The Hall–Kier alpha value is -1.89. The molecule has 0 aliphatic carbocycles. The number of anilines is 1. The van der Waals surface area contributed by atoms with Crippen LogP contribution in [0.3, 0.4) is 0 Å². The summed E-state index contributed by atoms with van der Waals surface area (Å²) < 4.78 is 2.90. The van der Waals surface area contributed by atoms with Gasteiger partial charge in [0.1, 0.15) is 11.3 Å². The molecule has 2 aromatic heterocycles. The first kappa shape index (κ1) is 12.2. The molecule has 4 nitrogen and oxygen atoms in total. The maximum atomic E-state index is 12.2. The summed E-state index contributed by atoms with van der Waals surface area (Å²) in [7, 11) is 0. The number of imidazole rings is 1. The maximum Gasteiger partial charge on any atom is 0.272 e. The lowest BCUT2D eigenvalue weighted by atomic mass is 10.3. The molecule has 0 unspecified atom stereocenters. The fraction of sp³-hybridized carbons (Fsp3) is 0. The van der Waals surface area contributed by atoms with Crippen molar-refractivity contribution in [3.63, 3.8) is 0 Å². The molecule has 19 heavy (non-hydrogen) atoms. The summed E-state index contributed by atoms with van der Waals surface area (Å²) in [5, 5.41) is 2.88. The van der Waals surface area contributed by atoms with Crippen LogP contribution in [0.5, 0.6) is 0 Å². The fourth-order valence-electron chi connectivity index (χ4n) is 1.86. The summed E-state index contributed by atoms with van der Waals surface area (Å²) in [4.78, 5) is 16.4. The van der Waals surface area contributed by atoms with Crippen molar-refractivity contribution in [2.45, 2.75) is 0 Å². The Balaban J connectivity index is 1.92. The topological polar surface area (TPSA) is 46.4 Å². The van der Waals surface area contributed by atoms with Crippen molar-refractivity contribution >= 4 is 39.8 Å². The highest BCUT2D eigenvalue weighted by molar-refractivity contribution is 14.1. The molecule has 1 amide bonds. The highest BCUT2D eigenvalue weighted by atomic mass is 127. The monoisotopic (exact) mass is 363 g/mol. The SMILES string of the molecule is O=C(Nc1ccc(I)cc1)c1cccc2nccn12. The smallest absolute Gasteiger partial charge is 0.272 e. The first-order chi connectivity index (χ1) is 9.24. The van der Waals surface area contributed by atoms with Gasteiger partial charge in [0.25, 0.3) is 5.91 Å². The Labute approximate surface area is 123 Å². The summed E-state index contributed by atoms with van der Waals surface area (Å²) in [6, 6.07) is 13.1. The van der Waals surface area contributed by atoms with Crippen molar-refractivity contribution in [3.05, 3.63) is 64.1 Å². The van der Waals surface area contributed by atoms with Crippen LogP contribution in [-0.2, 0) is 0 Å². The number of hydrogen-bond acceptors (Lipinski definition) is 2. The van der Waals surface area contributed by atoms with Gasteiger partial charge < -0.3 is 5.32 Å². The van der Waals surface area contributed by atoms with E-state index in [0.29, 0.717) is 5.69 Å². The van der Waals surface area contributed by atoms with E-state index in [1.54, 1.807) is 22.9 Å². The number of fused-ring (bicyclic) bond motifs is 1. The van der Waals surface area contributed by atoms with Gasteiger partial charge in [0.2, 0.25) is 0 Å². The molecule has 3 aromatic rings. The number of carbonyl (C=O) groups excluding carboxylic acids is 1. The van der Waals surface area contributed by atoms with E-state index < -0.39 is 0 Å². The first-order valence-electron chi connectivity index (χ1n) is 5.73. The second-order valence-corrected chi connectivity index (χ2v) is 5.27. The zero-order chi connectivity index (χ0) is 13.2. The normalized spacial score (nSPS) is 10.6. The summed E-state index contributed by atoms with van der Waals surface area (Å²) in [6.45, 7) is 0. The Kier molecular flexibility index (Phi) is 3.20. The van der Waals surface area contributed by atoms with Crippen molar-refractivity contribution in [1.82, 2.24) is 9.38 Å². The number of pyridine rings is 1. The van der Waals surface area contributed by atoms with Gasteiger partial charge in [-0.1, -0.05) is 6.07 Å². The van der Waals surface area contributed by atoms with Gasteiger partial charge in [0.15, 0.2) is 0 Å². The molecule has 5 heteroatoms. The van der Waals surface area contributed by atoms with Crippen LogP contribution < -0.4 is 5.32 Å². The number of halogens is 1. The molecule has 0 atom stereocenters. The van der Waals surface area contributed by atoms with Crippen LogP contribution in [0, 0.1) is 3.57 Å². The molecule has 3 rings (SSSR count). The second-order valence-electron chi connectivity index (χ2n) is 4.03. The van der Waals surface area contributed by atoms with Crippen molar-refractivity contribution < 1.29 is 4.79 Å². The number of benzene rings is 1. The lowest BCUT2D eigenvalue weighted by Gasteiger charge is -2.07. The first-order valence-corrected chi connectivity index (χ1v) is 6.81. The summed E-state index contributed by atoms with van der Waals surface area (Å²) in [5.74, 6) is -0.148. The van der Waals surface area contributed by atoms with Gasteiger partial charge in [-0.3, -0.25) is 9.20 Å². The van der Waals surface area contributed by atoms with E-state index in [2.05, 4.69) is 32.9 Å². The number of aromatic nitrogens is 2. The van der Waals surface area contributed by atoms with Gasteiger partial charge >= 0.3 is 0 Å². The van der Waals surface area contributed by atoms with Crippen LogP contribution in [0.2, 0.25) is 0 Å². The third kappa shape index (κ3) is 2.46. The van der Waals surface area contributed by atoms with Crippen LogP contribution in [0.25, 0.3) is 5.65 Å². The van der Waals surface area contributed by atoms with E-state index in [-0.39, 0.29) is 5.91 Å². The number of carbonyl (C=O) groups is 1. The molecule has 0 aliphatic rings. The van der Waals surface area contributed by atoms with Crippen LogP contribution in [0.15, 0.2) is 54.9 Å². The van der Waals surface area contributed by atoms with E-state index in [4.69, 9.17) is 0 Å². The zero-order valence-corrected chi connectivity index (χ0v) is 12.0. The van der Waals surface area contributed by atoms with Gasteiger partial charge in [-0.2, -0.15) is 0 Å². The van der Waals surface area contributed by atoms with E-state index in [1.807, 2.05) is 36.4 Å². The summed E-state index contributed by atoms with van der Waals surface area (Å²) >= 11 is 2.23. The van der Waals surface area contributed by atoms with Crippen LogP contribution in [0.1, 0.15) is 10.5 Å². The molecule has 0 radical (unpaired) electrons. The van der Waals surface area contributed by atoms with Crippen LogP contribution >= 0.6 is 22.6 Å². The zero-order valence-electron chi connectivity index (χ0n) is 9.88. The molecule has 1 aromatic carbocycles. The fourth-order valence-corrected chi connectivity index (χ4v) is 2.22. The third-order valence-electron chi connectivity index (χ3n) is 2.76. The molecule has 0 saturated heterocycles. The number of hydrogen-bond donors (Lipinski definition) is 1. The third-order valence-corrected chi connectivity index (χ3v) is 3.48. The van der Waals surface area contributed by atoms with E-state index >= 15 is 0 Å². The van der Waals surface area contributed by atoms with E-state index in [9.17, 15) is 4.79 Å². The van der Waals surface area contributed by atoms with E-state index in [0.717, 1.165) is 14.9 Å². The van der Waals surface area contributed by atoms with Crippen molar-refractivity contribution in [2.75, 3.05) is 5.32 Å². The number of nitrogens with one attached hydrogen (secondary N) is 1. The predicted octanol–water partition coefficient (Wildman–Crippen LogP) is 3.19. The predicted molar refractivity (Wildman–Crippen MR) is 82.3 cm³/mol. The number of amides is 1. The highest BCUT2D eigenvalue weighted by Gasteiger charge is 2.10. The van der Waals surface area contributed by atoms with Crippen molar-refractivity contribution in [3.8, 4) is 0 Å². The minimum Gasteiger partial charge on any atom is -0.321 e. The van der Waals surface area contributed by atoms with E-state index in [1.165, 1.54) is 0 Å². The molecular formula is C14H10IN3O. The molecule has 94 valence electrons. The van der Waals surface area contributed by atoms with Crippen LogP contribution in [0.4, 0.5) is 5.69 Å². The van der Waals surface area contributed by atoms with Gasteiger partial charge in [-0.15, -0.1) is 0 Å². The molecule has 0 spiro atoms.